The van der Waals surface area contributed by atoms with Crippen molar-refractivity contribution in [3.63, 3.8) is 0 Å². The van der Waals surface area contributed by atoms with Gasteiger partial charge < -0.3 is 9.84 Å². The lowest BCUT2D eigenvalue weighted by atomic mass is 10.0. The van der Waals surface area contributed by atoms with Gasteiger partial charge in [0.2, 0.25) is 10.0 Å². The molecule has 1 N–H and O–H groups in total. The molecule has 0 aliphatic carbocycles. The highest BCUT2D eigenvalue weighted by Gasteiger charge is 2.49. The lowest BCUT2D eigenvalue weighted by molar-refractivity contribution is -0.151. The third kappa shape index (κ3) is 4.05. The number of hydrogen-bond acceptors (Lipinski definition) is 5. The Morgan fingerprint density at radius 3 is 2.41 bits per heavy atom. The van der Waals surface area contributed by atoms with E-state index in [1.165, 1.54) is 12.1 Å². The molecule has 0 spiro atoms. The van der Waals surface area contributed by atoms with Crippen molar-refractivity contribution in [1.82, 2.24) is 4.31 Å². The van der Waals surface area contributed by atoms with E-state index in [1.807, 2.05) is 37.3 Å². The predicted molar refractivity (Wildman–Crippen MR) is 100 cm³/mol. The molecule has 0 saturated carbocycles. The number of carbonyl (C=O) groups is 1. The fourth-order valence-electron chi connectivity index (χ4n) is 3.15. The average molecular weight is 389 g/mol. The highest BCUT2D eigenvalue weighted by Crippen LogP contribution is 2.31. The van der Waals surface area contributed by atoms with Crippen molar-refractivity contribution in [3.05, 3.63) is 65.7 Å². The van der Waals surface area contributed by atoms with E-state index in [1.54, 1.807) is 19.1 Å². The highest BCUT2D eigenvalue weighted by atomic mass is 32.2. The Bertz CT molecular complexity index is 896. The van der Waals surface area contributed by atoms with Gasteiger partial charge in [0.15, 0.2) is 0 Å². The molecule has 1 saturated heterocycles. The van der Waals surface area contributed by atoms with Gasteiger partial charge in [-0.1, -0.05) is 55.0 Å². The van der Waals surface area contributed by atoms with Crippen LogP contribution in [-0.4, -0.2) is 42.5 Å². The van der Waals surface area contributed by atoms with Crippen LogP contribution in [-0.2, 0) is 26.2 Å². The molecule has 27 heavy (non-hydrogen) atoms. The molecule has 1 heterocycles. The second kappa shape index (κ2) is 7.80. The van der Waals surface area contributed by atoms with Crippen LogP contribution in [0.1, 0.15) is 18.1 Å². The van der Waals surface area contributed by atoms with Crippen molar-refractivity contribution in [1.29, 1.82) is 0 Å². The third-order valence-corrected chi connectivity index (χ3v) is 6.64. The molecular formula is C20H23NO5S. The Balaban J connectivity index is 1.83. The zero-order valence-corrected chi connectivity index (χ0v) is 16.1. The van der Waals surface area contributed by atoms with E-state index in [2.05, 4.69) is 0 Å². The van der Waals surface area contributed by atoms with Crippen molar-refractivity contribution < 1.29 is 23.1 Å². The Morgan fingerprint density at radius 2 is 1.78 bits per heavy atom. The zero-order chi connectivity index (χ0) is 19.6. The molecular weight excluding hydrogens is 366 g/mol. The quantitative estimate of drug-likeness (QED) is 0.792. The second-order valence-electron chi connectivity index (χ2n) is 6.89. The number of hydrogen-bond donors (Lipinski definition) is 1. The molecule has 0 radical (unpaired) electrons. The normalized spacial score (nSPS) is 23.3. The summed E-state index contributed by atoms with van der Waals surface area (Å²) < 4.78 is 32.4. The van der Waals surface area contributed by atoms with Gasteiger partial charge in [0.25, 0.3) is 0 Å². The van der Waals surface area contributed by atoms with E-state index in [-0.39, 0.29) is 24.0 Å². The van der Waals surface area contributed by atoms with Gasteiger partial charge in [-0.15, -0.1) is 0 Å². The fraction of sp³-hybridized carbons (Fsp3) is 0.350. The first-order chi connectivity index (χ1) is 12.8. The summed E-state index contributed by atoms with van der Waals surface area (Å²) in [5.41, 5.74) is 1.72. The van der Waals surface area contributed by atoms with Gasteiger partial charge >= 0.3 is 5.97 Å². The maximum absolute atomic E-state index is 13.0. The maximum atomic E-state index is 13.0. The molecule has 0 bridgehead atoms. The minimum Gasteiger partial charge on any atom is -0.460 e. The lowest BCUT2D eigenvalue weighted by Gasteiger charge is -2.24. The lowest BCUT2D eigenvalue weighted by Crippen LogP contribution is -2.46. The molecule has 0 aromatic heterocycles. The van der Waals surface area contributed by atoms with E-state index < -0.39 is 28.1 Å². The minimum absolute atomic E-state index is 0.0235. The molecule has 2 aromatic carbocycles. The SMILES string of the molecule is Cc1ccc(S(=O)(=O)N2CC(C)C(O)C2C(=O)OCc2ccccc2)cc1. The van der Waals surface area contributed by atoms with Crippen molar-refractivity contribution in [2.24, 2.45) is 5.92 Å². The zero-order valence-electron chi connectivity index (χ0n) is 15.3. The number of esters is 1. The van der Waals surface area contributed by atoms with Gasteiger partial charge in [0.05, 0.1) is 11.0 Å². The van der Waals surface area contributed by atoms with Crippen LogP contribution in [0.15, 0.2) is 59.5 Å². The molecule has 3 atom stereocenters. The molecule has 144 valence electrons. The standard InChI is InChI=1S/C20H23NO5S/c1-14-8-10-17(11-9-14)27(24,25)21-12-15(2)19(22)18(21)20(23)26-13-16-6-4-3-5-7-16/h3-11,15,18-19,22H,12-13H2,1-2H3. The van der Waals surface area contributed by atoms with Crippen LogP contribution >= 0.6 is 0 Å². The first-order valence-corrected chi connectivity index (χ1v) is 10.2. The van der Waals surface area contributed by atoms with E-state index >= 15 is 0 Å². The highest BCUT2D eigenvalue weighted by molar-refractivity contribution is 7.89. The van der Waals surface area contributed by atoms with Gasteiger partial charge in [-0.2, -0.15) is 4.31 Å². The Morgan fingerprint density at radius 1 is 1.15 bits per heavy atom. The van der Waals surface area contributed by atoms with Crippen LogP contribution in [0.5, 0.6) is 0 Å². The molecule has 0 amide bonds. The maximum Gasteiger partial charge on any atom is 0.327 e. The average Bonchev–Trinajstić information content (AvgIpc) is 2.97. The molecule has 3 rings (SSSR count). The summed E-state index contributed by atoms with van der Waals surface area (Å²) in [5.74, 6) is -1.12. The first kappa shape index (κ1) is 19.5. The third-order valence-electron chi connectivity index (χ3n) is 4.78. The number of benzene rings is 2. The fourth-order valence-corrected chi connectivity index (χ4v) is 4.84. The molecule has 1 aliphatic heterocycles. The Kier molecular flexibility index (Phi) is 5.64. The summed E-state index contributed by atoms with van der Waals surface area (Å²) in [6, 6.07) is 14.3. The van der Waals surface area contributed by atoms with Gasteiger partial charge in [-0.05, 0) is 30.5 Å². The summed E-state index contributed by atoms with van der Waals surface area (Å²) in [5, 5.41) is 10.4. The van der Waals surface area contributed by atoms with Crippen molar-refractivity contribution in [3.8, 4) is 0 Å². The van der Waals surface area contributed by atoms with Crippen LogP contribution in [0.2, 0.25) is 0 Å². The van der Waals surface area contributed by atoms with E-state index in [0.717, 1.165) is 15.4 Å². The van der Waals surface area contributed by atoms with Crippen molar-refractivity contribution >= 4 is 16.0 Å². The summed E-state index contributed by atoms with van der Waals surface area (Å²) in [6.45, 7) is 3.66. The van der Waals surface area contributed by atoms with E-state index in [9.17, 15) is 18.3 Å². The Hall–Kier alpha value is -2.22. The van der Waals surface area contributed by atoms with Crippen molar-refractivity contribution in [2.75, 3.05) is 6.54 Å². The number of aliphatic hydroxyl groups excluding tert-OH is 1. The number of aliphatic hydroxyl groups is 1. The van der Waals surface area contributed by atoms with Gasteiger partial charge in [-0.25, -0.2) is 8.42 Å². The van der Waals surface area contributed by atoms with Crippen LogP contribution < -0.4 is 0 Å². The topological polar surface area (TPSA) is 83.9 Å². The van der Waals surface area contributed by atoms with E-state index in [4.69, 9.17) is 4.74 Å². The predicted octanol–water partition coefficient (Wildman–Crippen LogP) is 2.11. The second-order valence-corrected chi connectivity index (χ2v) is 8.78. The number of rotatable bonds is 5. The number of ether oxygens (including phenoxy) is 1. The monoisotopic (exact) mass is 389 g/mol. The van der Waals surface area contributed by atoms with Crippen LogP contribution in [0, 0.1) is 12.8 Å². The van der Waals surface area contributed by atoms with E-state index in [0.29, 0.717) is 0 Å². The smallest absolute Gasteiger partial charge is 0.327 e. The summed E-state index contributed by atoms with van der Waals surface area (Å²) in [6.07, 6.45) is -1.12. The van der Waals surface area contributed by atoms with Crippen molar-refractivity contribution in [2.45, 2.75) is 37.5 Å². The minimum atomic E-state index is -3.93. The van der Waals surface area contributed by atoms with Crippen LogP contribution in [0.4, 0.5) is 0 Å². The molecule has 7 heteroatoms. The number of nitrogens with zero attached hydrogens (tertiary/aromatic N) is 1. The summed E-state index contributed by atoms with van der Waals surface area (Å²) in [7, 11) is -3.93. The molecule has 2 aromatic rings. The Labute approximate surface area is 159 Å². The van der Waals surface area contributed by atoms with Gasteiger partial charge in [0, 0.05) is 6.54 Å². The largest absolute Gasteiger partial charge is 0.460 e. The van der Waals surface area contributed by atoms with Crippen LogP contribution in [0.3, 0.4) is 0 Å². The number of sulfonamides is 1. The van der Waals surface area contributed by atoms with Crippen LogP contribution in [0.25, 0.3) is 0 Å². The summed E-state index contributed by atoms with van der Waals surface area (Å²) >= 11 is 0. The van der Waals surface area contributed by atoms with Gasteiger partial charge in [0.1, 0.15) is 12.6 Å². The molecule has 1 aliphatic rings. The summed E-state index contributed by atoms with van der Waals surface area (Å²) in [4.78, 5) is 12.7. The van der Waals surface area contributed by atoms with Gasteiger partial charge in [-0.3, -0.25) is 4.79 Å². The number of carbonyl (C=O) groups excluding carboxylic acids is 1. The molecule has 6 nitrogen and oxygen atoms in total. The molecule has 3 unspecified atom stereocenters. The number of aryl methyl sites for hydroxylation is 1. The first-order valence-electron chi connectivity index (χ1n) is 8.78. The molecule has 1 fully saturated rings.